The standard InChI is InChI=1S/C13H24N2O/c14-13(16)6-4-5-12(11-7-8-11)15-9-2-1-3-10-15/h11-12H,1-10H2,(H2,14,16). The largest absolute Gasteiger partial charge is 0.370 e. The smallest absolute Gasteiger partial charge is 0.217 e. The third kappa shape index (κ3) is 3.48. The Kier molecular flexibility index (Phi) is 4.22. The molecule has 1 aliphatic heterocycles. The van der Waals surface area contributed by atoms with Gasteiger partial charge >= 0.3 is 0 Å². The minimum absolute atomic E-state index is 0.145. The van der Waals surface area contributed by atoms with Crippen molar-refractivity contribution in [3.8, 4) is 0 Å². The Morgan fingerprint density at radius 1 is 1.25 bits per heavy atom. The molecule has 2 fully saturated rings. The fraction of sp³-hybridized carbons (Fsp3) is 0.923. The van der Waals surface area contributed by atoms with Crippen molar-refractivity contribution in [3.05, 3.63) is 0 Å². The molecule has 0 spiro atoms. The maximum atomic E-state index is 10.8. The van der Waals surface area contributed by atoms with Crippen molar-refractivity contribution < 1.29 is 4.79 Å². The number of carbonyl (C=O) groups is 1. The summed E-state index contributed by atoms with van der Waals surface area (Å²) in [4.78, 5) is 13.4. The fourth-order valence-corrected chi connectivity index (χ4v) is 2.93. The van der Waals surface area contributed by atoms with Gasteiger partial charge in [0.1, 0.15) is 0 Å². The molecule has 1 amide bonds. The van der Waals surface area contributed by atoms with E-state index in [1.54, 1.807) is 0 Å². The van der Waals surface area contributed by atoms with Gasteiger partial charge in [-0.25, -0.2) is 0 Å². The topological polar surface area (TPSA) is 46.3 Å². The molecular formula is C13H24N2O. The van der Waals surface area contributed by atoms with E-state index < -0.39 is 0 Å². The molecule has 1 saturated carbocycles. The van der Waals surface area contributed by atoms with Gasteiger partial charge in [0.25, 0.3) is 0 Å². The number of primary amides is 1. The Labute approximate surface area is 98.4 Å². The summed E-state index contributed by atoms with van der Waals surface area (Å²) in [6.07, 6.45) is 9.64. The molecule has 2 N–H and O–H groups in total. The average Bonchev–Trinajstić information content (AvgIpc) is 3.09. The molecule has 1 unspecified atom stereocenters. The zero-order valence-electron chi connectivity index (χ0n) is 10.2. The van der Waals surface area contributed by atoms with E-state index in [-0.39, 0.29) is 5.91 Å². The van der Waals surface area contributed by atoms with Crippen LogP contribution in [0.3, 0.4) is 0 Å². The molecule has 0 aromatic heterocycles. The van der Waals surface area contributed by atoms with E-state index in [0.717, 1.165) is 18.4 Å². The normalized spacial score (nSPS) is 24.2. The fourth-order valence-electron chi connectivity index (χ4n) is 2.93. The van der Waals surface area contributed by atoms with Crippen LogP contribution in [0, 0.1) is 5.92 Å². The van der Waals surface area contributed by atoms with E-state index in [1.807, 2.05) is 0 Å². The van der Waals surface area contributed by atoms with Crippen molar-refractivity contribution in [3.63, 3.8) is 0 Å². The van der Waals surface area contributed by atoms with E-state index in [1.165, 1.54) is 51.6 Å². The highest BCUT2D eigenvalue weighted by atomic mass is 16.1. The molecule has 3 nitrogen and oxygen atoms in total. The first-order valence-corrected chi connectivity index (χ1v) is 6.80. The van der Waals surface area contributed by atoms with Gasteiger partial charge in [0, 0.05) is 12.5 Å². The monoisotopic (exact) mass is 224 g/mol. The highest BCUT2D eigenvalue weighted by Crippen LogP contribution is 2.38. The van der Waals surface area contributed by atoms with Crippen molar-refractivity contribution in [2.45, 2.75) is 57.4 Å². The molecule has 92 valence electrons. The lowest BCUT2D eigenvalue weighted by atomic mass is 10.00. The van der Waals surface area contributed by atoms with Gasteiger partial charge < -0.3 is 10.6 Å². The number of likely N-dealkylation sites (tertiary alicyclic amines) is 1. The summed E-state index contributed by atoms with van der Waals surface area (Å²) in [6.45, 7) is 2.55. The van der Waals surface area contributed by atoms with Crippen LogP contribution in [0.15, 0.2) is 0 Å². The minimum Gasteiger partial charge on any atom is -0.370 e. The van der Waals surface area contributed by atoms with Crippen LogP contribution in [0.1, 0.15) is 51.4 Å². The number of rotatable bonds is 6. The van der Waals surface area contributed by atoms with E-state index in [9.17, 15) is 4.79 Å². The number of piperidine rings is 1. The third-order valence-corrected chi connectivity index (χ3v) is 3.95. The number of nitrogens with zero attached hydrogens (tertiary/aromatic N) is 1. The second kappa shape index (κ2) is 5.67. The summed E-state index contributed by atoms with van der Waals surface area (Å²) in [5, 5.41) is 0. The van der Waals surface area contributed by atoms with Crippen LogP contribution in [-0.4, -0.2) is 29.9 Å². The van der Waals surface area contributed by atoms with Crippen LogP contribution in [0.5, 0.6) is 0 Å². The van der Waals surface area contributed by atoms with Gasteiger partial charge in [-0.05, 0) is 57.5 Å². The third-order valence-electron chi connectivity index (χ3n) is 3.95. The van der Waals surface area contributed by atoms with Crippen molar-refractivity contribution in [2.24, 2.45) is 11.7 Å². The lowest BCUT2D eigenvalue weighted by Crippen LogP contribution is -2.40. The van der Waals surface area contributed by atoms with Crippen molar-refractivity contribution in [1.82, 2.24) is 4.90 Å². The molecule has 0 radical (unpaired) electrons. The van der Waals surface area contributed by atoms with Gasteiger partial charge in [-0.2, -0.15) is 0 Å². The van der Waals surface area contributed by atoms with Gasteiger partial charge in [0.2, 0.25) is 5.91 Å². The van der Waals surface area contributed by atoms with Gasteiger partial charge in [-0.1, -0.05) is 6.42 Å². The Morgan fingerprint density at radius 2 is 1.94 bits per heavy atom. The van der Waals surface area contributed by atoms with Crippen LogP contribution in [0.25, 0.3) is 0 Å². The summed E-state index contributed by atoms with van der Waals surface area (Å²) in [7, 11) is 0. The van der Waals surface area contributed by atoms with Crippen molar-refractivity contribution in [2.75, 3.05) is 13.1 Å². The Balaban J connectivity index is 1.77. The molecule has 1 atom stereocenters. The van der Waals surface area contributed by atoms with Crippen LogP contribution in [0.2, 0.25) is 0 Å². The molecule has 0 bridgehead atoms. The van der Waals surface area contributed by atoms with Crippen LogP contribution in [0.4, 0.5) is 0 Å². The van der Waals surface area contributed by atoms with Crippen molar-refractivity contribution >= 4 is 5.91 Å². The zero-order chi connectivity index (χ0) is 11.4. The lowest BCUT2D eigenvalue weighted by molar-refractivity contribution is -0.118. The first-order chi connectivity index (χ1) is 7.77. The highest BCUT2D eigenvalue weighted by Gasteiger charge is 2.34. The van der Waals surface area contributed by atoms with Gasteiger partial charge in [0.05, 0.1) is 0 Å². The summed E-state index contributed by atoms with van der Waals surface area (Å²) in [6, 6.07) is 0.750. The van der Waals surface area contributed by atoms with Gasteiger partial charge in [-0.3, -0.25) is 4.79 Å². The minimum atomic E-state index is -0.145. The number of hydrogen-bond acceptors (Lipinski definition) is 2. The van der Waals surface area contributed by atoms with Gasteiger partial charge in [0.15, 0.2) is 0 Å². The molecule has 2 rings (SSSR count). The predicted octanol–water partition coefficient (Wildman–Crippen LogP) is 1.91. The van der Waals surface area contributed by atoms with Crippen LogP contribution in [-0.2, 0) is 4.79 Å². The summed E-state index contributed by atoms with van der Waals surface area (Å²) in [5.41, 5.74) is 5.20. The second-order valence-electron chi connectivity index (χ2n) is 5.36. The first kappa shape index (κ1) is 11.9. The van der Waals surface area contributed by atoms with Crippen molar-refractivity contribution in [1.29, 1.82) is 0 Å². The molecular weight excluding hydrogens is 200 g/mol. The summed E-state index contributed by atoms with van der Waals surface area (Å²) >= 11 is 0. The van der Waals surface area contributed by atoms with E-state index in [4.69, 9.17) is 5.73 Å². The molecule has 0 aromatic carbocycles. The number of carbonyl (C=O) groups excluding carboxylic acids is 1. The predicted molar refractivity (Wildman–Crippen MR) is 65.0 cm³/mol. The molecule has 16 heavy (non-hydrogen) atoms. The summed E-state index contributed by atoms with van der Waals surface area (Å²) < 4.78 is 0. The Bertz CT molecular complexity index is 232. The van der Waals surface area contributed by atoms with Gasteiger partial charge in [-0.15, -0.1) is 0 Å². The van der Waals surface area contributed by atoms with E-state index in [2.05, 4.69) is 4.90 Å². The zero-order valence-corrected chi connectivity index (χ0v) is 10.2. The highest BCUT2D eigenvalue weighted by molar-refractivity contribution is 5.73. The molecule has 1 heterocycles. The number of nitrogens with two attached hydrogens (primary N) is 1. The van der Waals surface area contributed by atoms with Crippen LogP contribution >= 0.6 is 0 Å². The molecule has 2 aliphatic rings. The molecule has 1 aliphatic carbocycles. The number of hydrogen-bond donors (Lipinski definition) is 1. The van der Waals surface area contributed by atoms with E-state index in [0.29, 0.717) is 6.42 Å². The quantitative estimate of drug-likeness (QED) is 0.749. The molecule has 0 aromatic rings. The average molecular weight is 224 g/mol. The number of amides is 1. The second-order valence-corrected chi connectivity index (χ2v) is 5.36. The SMILES string of the molecule is NC(=O)CCCC(C1CC1)N1CCCCC1. The van der Waals surface area contributed by atoms with Crippen LogP contribution < -0.4 is 5.73 Å². The molecule has 3 heteroatoms. The molecule has 1 saturated heterocycles. The first-order valence-electron chi connectivity index (χ1n) is 6.80. The maximum Gasteiger partial charge on any atom is 0.217 e. The van der Waals surface area contributed by atoms with E-state index >= 15 is 0 Å². The lowest BCUT2D eigenvalue weighted by Gasteiger charge is -2.35. The summed E-state index contributed by atoms with van der Waals surface area (Å²) in [5.74, 6) is 0.777. The maximum absolute atomic E-state index is 10.8. The Morgan fingerprint density at radius 3 is 2.50 bits per heavy atom. The Hall–Kier alpha value is -0.570.